The maximum Gasteiger partial charge on any atom is 0.435 e. The predicted molar refractivity (Wildman–Crippen MR) is 75.5 cm³/mol. The number of hydrogen-bond donors (Lipinski definition) is 1. The molecule has 1 atom stereocenters. The smallest absolute Gasteiger partial charge is 0.309 e. The van der Waals surface area contributed by atoms with E-state index >= 15 is 0 Å². The molecule has 0 aliphatic heterocycles. The van der Waals surface area contributed by atoms with Gasteiger partial charge in [-0.1, -0.05) is 0 Å². The molecule has 0 aromatic carbocycles. The van der Waals surface area contributed by atoms with E-state index < -0.39 is 17.8 Å². The largest absolute Gasteiger partial charge is 0.435 e. The second-order valence-electron chi connectivity index (χ2n) is 5.68. The molecule has 23 heavy (non-hydrogen) atoms. The number of halogens is 3. The molecule has 1 aliphatic rings. The summed E-state index contributed by atoms with van der Waals surface area (Å²) in [7, 11) is 0. The number of anilines is 1. The van der Waals surface area contributed by atoms with Crippen LogP contribution in [0.5, 0.6) is 0 Å². The van der Waals surface area contributed by atoms with Crippen LogP contribution in [-0.2, 0) is 17.5 Å². The van der Waals surface area contributed by atoms with Gasteiger partial charge in [-0.05, 0) is 31.7 Å². The van der Waals surface area contributed by atoms with Crippen LogP contribution in [0, 0.1) is 5.92 Å². The van der Waals surface area contributed by atoms with E-state index in [1.54, 1.807) is 16.9 Å². The van der Waals surface area contributed by atoms with Gasteiger partial charge >= 0.3 is 6.18 Å². The zero-order chi connectivity index (χ0) is 16.6. The Morgan fingerprint density at radius 1 is 1.43 bits per heavy atom. The van der Waals surface area contributed by atoms with E-state index in [0.29, 0.717) is 11.7 Å². The Bertz CT molecular complexity index is 701. The molecule has 2 heterocycles. The van der Waals surface area contributed by atoms with Crippen LogP contribution < -0.4 is 5.32 Å². The van der Waals surface area contributed by atoms with Crippen molar-refractivity contribution >= 4 is 11.7 Å². The Morgan fingerprint density at radius 2 is 2.17 bits per heavy atom. The fourth-order valence-electron chi connectivity index (χ4n) is 2.45. The highest BCUT2D eigenvalue weighted by atomic mass is 19.4. The summed E-state index contributed by atoms with van der Waals surface area (Å²) in [5, 5.41) is 10.2. The molecule has 1 saturated carbocycles. The van der Waals surface area contributed by atoms with Crippen LogP contribution >= 0.6 is 0 Å². The minimum absolute atomic E-state index is 0.182. The van der Waals surface area contributed by atoms with E-state index in [0.717, 1.165) is 29.8 Å². The molecule has 1 N–H and O–H groups in total. The van der Waals surface area contributed by atoms with E-state index in [1.165, 1.54) is 0 Å². The molecule has 6 nitrogen and oxygen atoms in total. The molecule has 2 aromatic heterocycles. The molecule has 0 saturated heterocycles. The van der Waals surface area contributed by atoms with Crippen molar-refractivity contribution < 1.29 is 18.0 Å². The lowest BCUT2D eigenvalue weighted by Gasteiger charge is -2.15. The van der Waals surface area contributed by atoms with Gasteiger partial charge < -0.3 is 5.32 Å². The lowest BCUT2D eigenvalue weighted by molar-refractivity contribution is -0.141. The van der Waals surface area contributed by atoms with Crippen molar-refractivity contribution in [1.29, 1.82) is 0 Å². The highest BCUT2D eigenvalue weighted by Gasteiger charge is 2.34. The summed E-state index contributed by atoms with van der Waals surface area (Å²) in [5.41, 5.74) is -1.02. The van der Waals surface area contributed by atoms with E-state index in [-0.39, 0.29) is 12.6 Å². The van der Waals surface area contributed by atoms with Gasteiger partial charge in [0.25, 0.3) is 0 Å². The zero-order valence-electron chi connectivity index (χ0n) is 12.4. The molecule has 124 valence electrons. The molecule has 9 heteroatoms. The lowest BCUT2D eigenvalue weighted by atomic mass is 10.2. The van der Waals surface area contributed by atoms with Gasteiger partial charge in [0, 0.05) is 12.3 Å². The van der Waals surface area contributed by atoms with Crippen LogP contribution in [0.3, 0.4) is 0 Å². The molecule has 1 aliphatic carbocycles. The van der Waals surface area contributed by atoms with Crippen molar-refractivity contribution in [3.63, 3.8) is 0 Å². The maximum absolute atomic E-state index is 12.5. The molecule has 0 bridgehead atoms. The molecule has 2 aromatic rings. The monoisotopic (exact) mass is 327 g/mol. The number of hydrogen-bond acceptors (Lipinski definition) is 3. The highest BCUT2D eigenvalue weighted by Crippen LogP contribution is 2.40. The van der Waals surface area contributed by atoms with Crippen molar-refractivity contribution in [2.45, 2.75) is 38.5 Å². The summed E-state index contributed by atoms with van der Waals surface area (Å²) in [5.74, 6) is 0.648. The van der Waals surface area contributed by atoms with E-state index in [4.69, 9.17) is 0 Å². The van der Waals surface area contributed by atoms with Gasteiger partial charge in [0.15, 0.2) is 5.69 Å². The first kappa shape index (κ1) is 15.6. The van der Waals surface area contributed by atoms with Crippen LogP contribution in [0.4, 0.5) is 19.0 Å². The Labute approximate surface area is 130 Å². The number of rotatable bonds is 5. The number of carbonyl (C=O) groups is 1. The van der Waals surface area contributed by atoms with Gasteiger partial charge in [0.1, 0.15) is 12.4 Å². The lowest BCUT2D eigenvalue weighted by Crippen LogP contribution is -2.22. The van der Waals surface area contributed by atoms with E-state index in [1.807, 2.05) is 6.92 Å². The average Bonchev–Trinajstić information content (AvgIpc) is 3.03. The van der Waals surface area contributed by atoms with Gasteiger partial charge in [-0.25, -0.2) is 4.68 Å². The number of nitrogens with zero attached hydrogens (tertiary/aromatic N) is 4. The molecule has 3 rings (SSSR count). The van der Waals surface area contributed by atoms with E-state index in [9.17, 15) is 18.0 Å². The van der Waals surface area contributed by atoms with Crippen molar-refractivity contribution in [3.8, 4) is 0 Å². The van der Waals surface area contributed by atoms with Crippen molar-refractivity contribution in [1.82, 2.24) is 19.6 Å². The minimum atomic E-state index is -4.51. The van der Waals surface area contributed by atoms with Crippen LogP contribution in [-0.4, -0.2) is 25.5 Å². The normalized spacial score (nSPS) is 16.3. The van der Waals surface area contributed by atoms with Gasteiger partial charge in [-0.2, -0.15) is 23.4 Å². The Balaban J connectivity index is 1.64. The van der Waals surface area contributed by atoms with Crippen molar-refractivity contribution in [2.75, 3.05) is 5.32 Å². The first-order valence-corrected chi connectivity index (χ1v) is 7.28. The Hall–Kier alpha value is -2.32. The third-order valence-electron chi connectivity index (χ3n) is 3.86. The summed E-state index contributed by atoms with van der Waals surface area (Å²) in [6, 6.07) is 2.69. The van der Waals surface area contributed by atoms with Crippen LogP contribution in [0.1, 0.15) is 31.5 Å². The molecule has 1 fully saturated rings. The minimum Gasteiger partial charge on any atom is -0.309 e. The third-order valence-corrected chi connectivity index (χ3v) is 3.86. The molecular weight excluding hydrogens is 311 g/mol. The van der Waals surface area contributed by atoms with Gasteiger partial charge in [-0.3, -0.25) is 9.48 Å². The van der Waals surface area contributed by atoms with Gasteiger partial charge in [0.2, 0.25) is 5.91 Å². The Morgan fingerprint density at radius 3 is 2.78 bits per heavy atom. The van der Waals surface area contributed by atoms with Gasteiger partial charge in [0.05, 0.1) is 12.2 Å². The van der Waals surface area contributed by atoms with Crippen LogP contribution in [0.25, 0.3) is 0 Å². The van der Waals surface area contributed by atoms with Gasteiger partial charge in [-0.15, -0.1) is 0 Å². The average molecular weight is 327 g/mol. The highest BCUT2D eigenvalue weighted by molar-refractivity contribution is 5.89. The molecule has 0 radical (unpaired) electrons. The number of aromatic nitrogens is 4. The van der Waals surface area contributed by atoms with E-state index in [2.05, 4.69) is 15.5 Å². The second-order valence-corrected chi connectivity index (χ2v) is 5.68. The molecule has 0 spiro atoms. The third kappa shape index (κ3) is 3.54. The summed E-state index contributed by atoms with van der Waals surface area (Å²) >= 11 is 0. The summed E-state index contributed by atoms with van der Waals surface area (Å²) in [6.07, 6.45) is 0.487. The first-order chi connectivity index (χ1) is 10.8. The van der Waals surface area contributed by atoms with Crippen LogP contribution in [0.15, 0.2) is 24.5 Å². The second kappa shape index (κ2) is 5.71. The summed E-state index contributed by atoms with van der Waals surface area (Å²) in [4.78, 5) is 12.0. The Kier molecular flexibility index (Phi) is 3.87. The fourth-order valence-corrected chi connectivity index (χ4v) is 2.45. The summed E-state index contributed by atoms with van der Waals surface area (Å²) < 4.78 is 40.1. The number of amides is 1. The number of nitrogens with one attached hydrogen (secondary N) is 1. The SMILES string of the molecule is CC(C1CC1)n1nccc1NC(=O)Cn1ccc(C(F)(F)F)n1. The first-order valence-electron chi connectivity index (χ1n) is 7.28. The molecule has 1 unspecified atom stereocenters. The molecule has 1 amide bonds. The summed E-state index contributed by atoms with van der Waals surface area (Å²) in [6.45, 7) is 1.74. The standard InChI is InChI=1S/C14H16F3N5O/c1-9(10-2-3-10)22-12(4-6-18-22)19-13(23)8-21-7-5-11(20-21)14(15,16)17/h4-7,9-10H,2-3,8H2,1H3,(H,19,23). The topological polar surface area (TPSA) is 64.7 Å². The van der Waals surface area contributed by atoms with Crippen LogP contribution in [0.2, 0.25) is 0 Å². The fraction of sp³-hybridized carbons (Fsp3) is 0.500. The quantitative estimate of drug-likeness (QED) is 0.918. The predicted octanol–water partition coefficient (Wildman–Crippen LogP) is 2.71. The zero-order valence-corrected chi connectivity index (χ0v) is 12.4. The van der Waals surface area contributed by atoms with Crippen molar-refractivity contribution in [3.05, 3.63) is 30.2 Å². The number of alkyl halides is 3. The maximum atomic E-state index is 12.5. The number of carbonyl (C=O) groups excluding carboxylic acids is 1. The van der Waals surface area contributed by atoms with Crippen molar-refractivity contribution in [2.24, 2.45) is 5.92 Å². The molecular formula is C14H16F3N5O.